The van der Waals surface area contributed by atoms with Gasteiger partial charge in [-0.1, -0.05) is 30.7 Å². The van der Waals surface area contributed by atoms with E-state index in [4.69, 9.17) is 16.0 Å². The number of rotatable bonds is 8. The molecule has 4 rings (SSSR count). The number of aryl methyl sites for hydroxylation is 2. The number of furan rings is 1. The van der Waals surface area contributed by atoms with Gasteiger partial charge in [0, 0.05) is 35.5 Å². The van der Waals surface area contributed by atoms with Crippen LogP contribution < -0.4 is 22.0 Å². The second kappa shape index (κ2) is 10.4. The van der Waals surface area contributed by atoms with Crippen molar-refractivity contribution in [1.82, 2.24) is 19.4 Å². The molecule has 0 aliphatic carbocycles. The maximum absolute atomic E-state index is 13.5. The molecule has 0 spiro atoms. The van der Waals surface area contributed by atoms with Gasteiger partial charge in [-0.05, 0) is 55.3 Å². The Morgan fingerprint density at radius 3 is 2.53 bits per heavy atom. The third-order valence-corrected chi connectivity index (χ3v) is 6.17. The first kappa shape index (κ1) is 25.2. The average molecular weight is 510 g/mol. The fourth-order valence-corrected chi connectivity index (χ4v) is 4.30. The van der Waals surface area contributed by atoms with Crippen LogP contribution in [0.25, 0.3) is 11.0 Å². The number of aromatic nitrogens is 3. The molecule has 0 aliphatic rings. The normalized spacial score (nSPS) is 12.0. The summed E-state index contributed by atoms with van der Waals surface area (Å²) in [6, 6.07) is 12.2. The third-order valence-electron chi connectivity index (χ3n) is 5.92. The smallest absolute Gasteiger partial charge is 0.355 e. The molecule has 0 saturated heterocycles. The van der Waals surface area contributed by atoms with Gasteiger partial charge in [0.05, 0.1) is 13.1 Å². The number of amides is 1. The van der Waals surface area contributed by atoms with Crippen molar-refractivity contribution in [1.29, 1.82) is 0 Å². The number of hydrogen-bond donors (Lipinski definition) is 2. The highest BCUT2D eigenvalue weighted by molar-refractivity contribution is 6.30. The monoisotopic (exact) mass is 509 g/mol. The van der Waals surface area contributed by atoms with E-state index in [0.29, 0.717) is 10.7 Å². The first-order chi connectivity index (χ1) is 17.2. The van der Waals surface area contributed by atoms with Crippen molar-refractivity contribution in [2.24, 2.45) is 0 Å². The fraction of sp³-hybridized carbons (Fsp3) is 0.308. The number of carbonyl (C=O) groups excluding carboxylic acids is 1. The summed E-state index contributed by atoms with van der Waals surface area (Å²) in [6.07, 6.45) is 0.778. The van der Waals surface area contributed by atoms with Crippen LogP contribution in [0, 0.1) is 6.92 Å². The zero-order valence-electron chi connectivity index (χ0n) is 20.6. The van der Waals surface area contributed by atoms with Crippen LogP contribution in [-0.4, -0.2) is 26.1 Å². The summed E-state index contributed by atoms with van der Waals surface area (Å²) in [7, 11) is 0. The van der Waals surface area contributed by atoms with Crippen LogP contribution in [0.4, 0.5) is 11.6 Å². The number of anilines is 2. The van der Waals surface area contributed by atoms with Gasteiger partial charge < -0.3 is 15.1 Å². The van der Waals surface area contributed by atoms with Crippen LogP contribution in [0.3, 0.4) is 0 Å². The molecule has 2 N–H and O–H groups in total. The van der Waals surface area contributed by atoms with Gasteiger partial charge in [0.25, 0.3) is 0 Å². The quantitative estimate of drug-likeness (QED) is 0.371. The van der Waals surface area contributed by atoms with Crippen LogP contribution in [0.2, 0.25) is 5.02 Å². The lowest BCUT2D eigenvalue weighted by Crippen LogP contribution is -2.47. The molecule has 2 heterocycles. The minimum atomic E-state index is -0.708. The predicted molar refractivity (Wildman–Crippen MR) is 140 cm³/mol. The molecule has 0 unspecified atom stereocenters. The Bertz CT molecular complexity index is 1540. The summed E-state index contributed by atoms with van der Waals surface area (Å²) in [4.78, 5) is 42.0. The minimum Gasteiger partial charge on any atom is -0.461 e. The van der Waals surface area contributed by atoms with Gasteiger partial charge in [0.1, 0.15) is 11.3 Å². The molecular formula is C26H28ClN5O4. The van der Waals surface area contributed by atoms with Crippen LogP contribution >= 0.6 is 11.6 Å². The van der Waals surface area contributed by atoms with E-state index < -0.39 is 17.4 Å². The summed E-state index contributed by atoms with van der Waals surface area (Å²) in [6.45, 7) is 7.28. The molecular weight excluding hydrogens is 482 g/mol. The van der Waals surface area contributed by atoms with Gasteiger partial charge in [0.15, 0.2) is 0 Å². The lowest BCUT2D eigenvalue weighted by Gasteiger charge is -2.18. The van der Waals surface area contributed by atoms with Crippen molar-refractivity contribution in [3.8, 4) is 0 Å². The van der Waals surface area contributed by atoms with Crippen molar-refractivity contribution >= 4 is 40.1 Å². The van der Waals surface area contributed by atoms with Crippen LogP contribution in [0.1, 0.15) is 37.7 Å². The van der Waals surface area contributed by atoms with Gasteiger partial charge in [-0.15, -0.1) is 0 Å². The van der Waals surface area contributed by atoms with E-state index in [1.165, 1.54) is 11.5 Å². The van der Waals surface area contributed by atoms with Gasteiger partial charge in [0.2, 0.25) is 11.9 Å². The second-order valence-corrected chi connectivity index (χ2v) is 9.20. The Morgan fingerprint density at radius 2 is 1.86 bits per heavy atom. The summed E-state index contributed by atoms with van der Waals surface area (Å²) in [5.41, 5.74) is 2.03. The molecule has 0 saturated carbocycles. The Labute approximate surface area is 212 Å². The van der Waals surface area contributed by atoms with Crippen molar-refractivity contribution in [3.63, 3.8) is 0 Å². The highest BCUT2D eigenvalue weighted by Crippen LogP contribution is 2.29. The van der Waals surface area contributed by atoms with Gasteiger partial charge in [-0.25, -0.2) is 14.2 Å². The summed E-state index contributed by atoms with van der Waals surface area (Å²) >= 11 is 6.02. The molecule has 0 radical (unpaired) electrons. The van der Waals surface area contributed by atoms with Crippen LogP contribution in [0.15, 0.2) is 56.5 Å². The molecule has 0 aliphatic heterocycles. The summed E-state index contributed by atoms with van der Waals surface area (Å²) in [5, 5.41) is 7.36. The number of halogens is 1. The molecule has 2 aromatic heterocycles. The highest BCUT2D eigenvalue weighted by Gasteiger charge is 2.17. The SMILES string of the molecule is CCc1oc2ccc(Nc3nc(=O)n(C[C@@H](C)NC(C)=O)c(=O)n3Cc3ccc(Cl)cc3)cc2c1C. The number of nitrogens with one attached hydrogen (secondary N) is 2. The molecule has 1 amide bonds. The molecule has 1 atom stereocenters. The van der Waals surface area contributed by atoms with Gasteiger partial charge in [-0.2, -0.15) is 4.98 Å². The van der Waals surface area contributed by atoms with Crippen molar-refractivity contribution in [2.75, 3.05) is 5.32 Å². The number of fused-ring (bicyclic) bond motifs is 1. The lowest BCUT2D eigenvalue weighted by molar-refractivity contribution is -0.119. The Morgan fingerprint density at radius 1 is 1.14 bits per heavy atom. The number of benzene rings is 2. The number of carbonyl (C=O) groups is 1. The van der Waals surface area contributed by atoms with E-state index in [1.54, 1.807) is 31.2 Å². The topological polar surface area (TPSA) is 111 Å². The fourth-order valence-electron chi connectivity index (χ4n) is 4.18. The van der Waals surface area contributed by atoms with Crippen molar-refractivity contribution in [3.05, 3.63) is 85.3 Å². The third kappa shape index (κ3) is 5.36. The Balaban J connectivity index is 1.77. The summed E-state index contributed by atoms with van der Waals surface area (Å²) in [5.74, 6) is 0.773. The summed E-state index contributed by atoms with van der Waals surface area (Å²) < 4.78 is 8.32. The zero-order valence-corrected chi connectivity index (χ0v) is 21.3. The van der Waals surface area contributed by atoms with Crippen LogP contribution in [-0.2, 0) is 24.3 Å². The van der Waals surface area contributed by atoms with Crippen molar-refractivity contribution < 1.29 is 9.21 Å². The van der Waals surface area contributed by atoms with E-state index in [1.807, 2.05) is 32.0 Å². The Kier molecular flexibility index (Phi) is 7.30. The second-order valence-electron chi connectivity index (χ2n) is 8.77. The van der Waals surface area contributed by atoms with Gasteiger partial charge in [-0.3, -0.25) is 9.36 Å². The predicted octanol–water partition coefficient (Wildman–Crippen LogP) is 3.99. The standard InChI is InChI=1S/C26H28ClN5O4/c1-5-22-16(3)21-12-20(10-11-23(21)36-22)29-24-30-25(34)32(13-15(2)28-17(4)33)26(35)31(24)14-18-6-8-19(27)9-7-18/h6-12,15H,5,13-14H2,1-4H3,(H,28,33)(H,29,30,34)/t15-/m1/s1. The van der Waals surface area contributed by atoms with Crippen LogP contribution in [0.5, 0.6) is 0 Å². The lowest BCUT2D eigenvalue weighted by atomic mass is 10.1. The molecule has 2 aromatic carbocycles. The molecule has 36 heavy (non-hydrogen) atoms. The minimum absolute atomic E-state index is 0.00882. The first-order valence-corrected chi connectivity index (χ1v) is 12.1. The van der Waals surface area contributed by atoms with E-state index in [0.717, 1.165) is 38.8 Å². The first-order valence-electron chi connectivity index (χ1n) is 11.7. The molecule has 188 valence electrons. The van der Waals surface area contributed by atoms with Crippen molar-refractivity contribution in [2.45, 2.75) is 53.2 Å². The maximum atomic E-state index is 13.5. The zero-order chi connectivity index (χ0) is 26.0. The average Bonchev–Trinajstić information content (AvgIpc) is 3.15. The molecule has 9 nitrogen and oxygen atoms in total. The maximum Gasteiger partial charge on any atom is 0.355 e. The molecule has 4 aromatic rings. The highest BCUT2D eigenvalue weighted by atomic mass is 35.5. The van der Waals surface area contributed by atoms with E-state index >= 15 is 0 Å². The largest absolute Gasteiger partial charge is 0.461 e. The van der Waals surface area contributed by atoms with E-state index in [9.17, 15) is 14.4 Å². The molecule has 10 heteroatoms. The number of hydrogen-bond acceptors (Lipinski definition) is 6. The molecule has 0 fully saturated rings. The molecule has 0 bridgehead atoms. The Hall–Kier alpha value is -3.85. The van der Waals surface area contributed by atoms with E-state index in [-0.39, 0.29) is 24.9 Å². The van der Waals surface area contributed by atoms with E-state index in [2.05, 4.69) is 15.6 Å². The number of nitrogens with zero attached hydrogens (tertiary/aromatic N) is 3. The van der Waals surface area contributed by atoms with Gasteiger partial charge >= 0.3 is 11.4 Å².